The zero-order chi connectivity index (χ0) is 19.0. The Morgan fingerprint density at radius 2 is 1.89 bits per heavy atom. The van der Waals surface area contributed by atoms with Gasteiger partial charge in [-0.05, 0) is 36.6 Å². The summed E-state index contributed by atoms with van der Waals surface area (Å²) in [6, 6.07) is 17.7. The minimum absolute atomic E-state index is 0.00477. The minimum Gasteiger partial charge on any atom is -0.451 e. The van der Waals surface area contributed by atoms with Gasteiger partial charge in [-0.2, -0.15) is 0 Å². The van der Waals surface area contributed by atoms with Crippen LogP contribution in [-0.4, -0.2) is 17.6 Å². The normalized spacial score (nSPS) is 13.6. The summed E-state index contributed by atoms with van der Waals surface area (Å²) in [5.41, 5.74) is -1.17. The van der Waals surface area contributed by atoms with E-state index in [1.807, 2.05) is 30.3 Å². The predicted octanol–water partition coefficient (Wildman–Crippen LogP) is 3.65. The molecule has 0 aliphatic heterocycles. The van der Waals surface area contributed by atoms with E-state index in [0.29, 0.717) is 11.0 Å². The smallest absolute Gasteiger partial charge is 0.287 e. The molecule has 2 N–H and O–H groups in total. The number of benzene rings is 2. The molecule has 4 rings (SSSR count). The Hall–Kier alpha value is -2.96. The Labute approximate surface area is 158 Å². The molecule has 2 aromatic carbocycles. The van der Waals surface area contributed by atoms with Crippen LogP contribution in [0.2, 0.25) is 0 Å². The Kier molecular flexibility index (Phi) is 4.30. The maximum Gasteiger partial charge on any atom is 0.287 e. The number of nitrogens with one attached hydrogen (secondary N) is 1. The van der Waals surface area contributed by atoms with Crippen molar-refractivity contribution in [3.63, 3.8) is 0 Å². The summed E-state index contributed by atoms with van der Waals surface area (Å²) in [5, 5.41) is 14.9. The van der Waals surface area contributed by atoms with Crippen molar-refractivity contribution in [1.82, 2.24) is 5.32 Å². The highest BCUT2D eigenvalue weighted by Gasteiger charge is 2.27. The quantitative estimate of drug-likeness (QED) is 0.567. The number of fused-ring (bicyclic) bond motifs is 2. The van der Waals surface area contributed by atoms with Crippen LogP contribution in [0.25, 0.3) is 21.1 Å². The number of carbonyl (C=O) groups is 1. The molecule has 27 heavy (non-hydrogen) atoms. The number of thiophene rings is 1. The van der Waals surface area contributed by atoms with Crippen LogP contribution in [0.1, 0.15) is 22.4 Å². The van der Waals surface area contributed by atoms with E-state index in [-0.39, 0.29) is 17.7 Å². The van der Waals surface area contributed by atoms with Crippen molar-refractivity contribution in [2.45, 2.75) is 12.5 Å². The van der Waals surface area contributed by atoms with Gasteiger partial charge in [-0.3, -0.25) is 9.59 Å². The number of hydrogen-bond donors (Lipinski definition) is 2. The summed E-state index contributed by atoms with van der Waals surface area (Å²) >= 11 is 1.48. The van der Waals surface area contributed by atoms with Gasteiger partial charge in [0.25, 0.3) is 5.91 Å². The first-order chi connectivity index (χ1) is 12.9. The van der Waals surface area contributed by atoms with Gasteiger partial charge in [0, 0.05) is 15.6 Å². The van der Waals surface area contributed by atoms with Crippen LogP contribution >= 0.6 is 11.3 Å². The maximum absolute atomic E-state index is 12.4. The van der Waals surface area contributed by atoms with Crippen LogP contribution in [0, 0.1) is 0 Å². The molecule has 0 saturated carbocycles. The second-order valence-corrected chi connectivity index (χ2v) is 7.66. The summed E-state index contributed by atoms with van der Waals surface area (Å²) in [5.74, 6) is -0.620. The topological polar surface area (TPSA) is 79.5 Å². The standard InChI is InChI=1S/C21H17NO4S/c1-21(25,19-10-13-6-2-5-9-18(13)27-19)12-22-20(24)17-11-15(23)14-7-3-4-8-16(14)26-17/h2-11,25H,12H2,1H3,(H,22,24)/t21-/m0/s1. The highest BCUT2D eigenvalue weighted by molar-refractivity contribution is 7.19. The summed E-state index contributed by atoms with van der Waals surface area (Å²) in [6.45, 7) is 1.64. The van der Waals surface area contributed by atoms with Gasteiger partial charge in [-0.1, -0.05) is 30.3 Å². The van der Waals surface area contributed by atoms with Gasteiger partial charge in [-0.25, -0.2) is 0 Å². The number of rotatable bonds is 4. The Morgan fingerprint density at radius 3 is 2.70 bits per heavy atom. The van der Waals surface area contributed by atoms with Crippen molar-refractivity contribution >= 4 is 38.3 Å². The molecular formula is C21H17NO4S. The predicted molar refractivity (Wildman–Crippen MR) is 106 cm³/mol. The van der Waals surface area contributed by atoms with Gasteiger partial charge in [-0.15, -0.1) is 11.3 Å². The van der Waals surface area contributed by atoms with E-state index in [2.05, 4.69) is 5.32 Å². The Morgan fingerprint density at radius 1 is 1.15 bits per heavy atom. The largest absolute Gasteiger partial charge is 0.451 e. The lowest BCUT2D eigenvalue weighted by Gasteiger charge is -2.22. The molecule has 0 aliphatic carbocycles. The zero-order valence-electron chi connectivity index (χ0n) is 14.6. The highest BCUT2D eigenvalue weighted by Crippen LogP contribution is 2.32. The third-order valence-corrected chi connectivity index (χ3v) is 5.78. The number of para-hydroxylation sites is 1. The molecule has 0 bridgehead atoms. The molecule has 0 spiro atoms. The lowest BCUT2D eigenvalue weighted by atomic mass is 10.0. The molecule has 2 aromatic heterocycles. The van der Waals surface area contributed by atoms with E-state index in [1.165, 1.54) is 17.4 Å². The molecule has 4 aromatic rings. The van der Waals surface area contributed by atoms with Crippen LogP contribution in [0.5, 0.6) is 0 Å². The fraction of sp³-hybridized carbons (Fsp3) is 0.143. The molecule has 0 saturated heterocycles. The van der Waals surface area contributed by atoms with Crippen molar-refractivity contribution in [2.75, 3.05) is 6.54 Å². The molecule has 2 heterocycles. The van der Waals surface area contributed by atoms with Gasteiger partial charge in [0.05, 0.1) is 11.9 Å². The summed E-state index contributed by atoms with van der Waals surface area (Å²) in [6.07, 6.45) is 0. The summed E-state index contributed by atoms with van der Waals surface area (Å²) in [4.78, 5) is 25.3. The van der Waals surface area contributed by atoms with Crippen LogP contribution < -0.4 is 10.7 Å². The fourth-order valence-corrected chi connectivity index (χ4v) is 4.00. The van der Waals surface area contributed by atoms with Crippen molar-refractivity contribution in [2.24, 2.45) is 0 Å². The number of carbonyl (C=O) groups excluding carboxylic acids is 1. The molecule has 0 radical (unpaired) electrons. The molecule has 0 unspecified atom stereocenters. The molecule has 0 fully saturated rings. The number of aliphatic hydroxyl groups is 1. The molecule has 1 atom stereocenters. The van der Waals surface area contributed by atoms with Crippen LogP contribution in [0.15, 0.2) is 69.9 Å². The molecule has 5 nitrogen and oxygen atoms in total. The lowest BCUT2D eigenvalue weighted by Crippen LogP contribution is -2.38. The van der Waals surface area contributed by atoms with Gasteiger partial charge >= 0.3 is 0 Å². The second-order valence-electron chi connectivity index (χ2n) is 6.58. The first-order valence-corrected chi connectivity index (χ1v) is 9.28. The van der Waals surface area contributed by atoms with Gasteiger partial charge in [0.1, 0.15) is 11.2 Å². The zero-order valence-corrected chi connectivity index (χ0v) is 15.4. The highest BCUT2D eigenvalue weighted by atomic mass is 32.1. The van der Waals surface area contributed by atoms with Crippen LogP contribution in [0.4, 0.5) is 0 Å². The van der Waals surface area contributed by atoms with E-state index in [4.69, 9.17) is 4.42 Å². The summed E-state index contributed by atoms with van der Waals surface area (Å²) < 4.78 is 6.60. The van der Waals surface area contributed by atoms with E-state index >= 15 is 0 Å². The molecular weight excluding hydrogens is 362 g/mol. The van der Waals surface area contributed by atoms with Gasteiger partial charge < -0.3 is 14.8 Å². The van der Waals surface area contributed by atoms with E-state index in [1.54, 1.807) is 31.2 Å². The lowest BCUT2D eigenvalue weighted by molar-refractivity contribution is 0.0549. The third-order valence-electron chi connectivity index (χ3n) is 4.41. The third kappa shape index (κ3) is 3.37. The van der Waals surface area contributed by atoms with E-state index < -0.39 is 11.5 Å². The number of amides is 1. The molecule has 6 heteroatoms. The van der Waals surface area contributed by atoms with Crippen LogP contribution in [0.3, 0.4) is 0 Å². The first-order valence-electron chi connectivity index (χ1n) is 8.46. The SMILES string of the molecule is C[C@](O)(CNC(=O)c1cc(=O)c2ccccc2o1)c1cc2ccccc2s1. The van der Waals surface area contributed by atoms with Gasteiger partial charge in [0.15, 0.2) is 11.2 Å². The molecule has 136 valence electrons. The van der Waals surface area contributed by atoms with Crippen LogP contribution in [-0.2, 0) is 5.60 Å². The Bertz CT molecular complexity index is 1170. The van der Waals surface area contributed by atoms with Crippen molar-refractivity contribution in [1.29, 1.82) is 0 Å². The number of hydrogen-bond acceptors (Lipinski definition) is 5. The second kappa shape index (κ2) is 6.64. The fourth-order valence-electron chi connectivity index (χ4n) is 2.89. The monoisotopic (exact) mass is 379 g/mol. The first kappa shape index (κ1) is 17.5. The van der Waals surface area contributed by atoms with Crippen molar-refractivity contribution in [3.8, 4) is 0 Å². The Balaban J connectivity index is 1.55. The average Bonchev–Trinajstić information content (AvgIpc) is 3.11. The summed E-state index contributed by atoms with van der Waals surface area (Å²) in [7, 11) is 0. The minimum atomic E-state index is -1.24. The molecule has 1 amide bonds. The van der Waals surface area contributed by atoms with E-state index in [9.17, 15) is 14.7 Å². The average molecular weight is 379 g/mol. The van der Waals surface area contributed by atoms with E-state index in [0.717, 1.165) is 15.0 Å². The van der Waals surface area contributed by atoms with Crippen molar-refractivity contribution in [3.05, 3.63) is 81.5 Å². The maximum atomic E-state index is 12.4. The molecule has 0 aliphatic rings. The van der Waals surface area contributed by atoms with Crippen molar-refractivity contribution < 1.29 is 14.3 Å². The van der Waals surface area contributed by atoms with Gasteiger partial charge in [0.2, 0.25) is 0 Å².